The first-order chi connectivity index (χ1) is 14.3. The van der Waals surface area contributed by atoms with Crippen molar-refractivity contribution in [1.29, 1.82) is 0 Å². The molecule has 0 amide bonds. The average Bonchev–Trinajstić information content (AvgIpc) is 3.47. The van der Waals surface area contributed by atoms with Crippen molar-refractivity contribution in [3.8, 4) is 5.75 Å². The van der Waals surface area contributed by atoms with Gasteiger partial charge in [-0.2, -0.15) is 0 Å². The molecule has 7 heteroatoms. The number of ether oxygens (including phenoxy) is 2. The molecule has 1 aromatic rings. The van der Waals surface area contributed by atoms with E-state index < -0.39 is 0 Å². The lowest BCUT2D eigenvalue weighted by atomic mass is 10.1. The van der Waals surface area contributed by atoms with Crippen LogP contribution in [0.2, 0.25) is 0 Å². The molecule has 1 saturated carbocycles. The summed E-state index contributed by atoms with van der Waals surface area (Å²) in [6.07, 6.45) is 9.16. The zero-order valence-electron chi connectivity index (χ0n) is 18.6. The Labute approximate surface area is 199 Å². The van der Waals surface area contributed by atoms with Crippen molar-refractivity contribution >= 4 is 29.9 Å². The third kappa shape index (κ3) is 7.89. The molecule has 0 radical (unpaired) electrons. The minimum absolute atomic E-state index is 0. The maximum absolute atomic E-state index is 5.94. The first-order valence-corrected chi connectivity index (χ1v) is 11.2. The maximum atomic E-state index is 5.94. The molecule has 0 spiro atoms. The monoisotopic (exact) mass is 530 g/mol. The summed E-state index contributed by atoms with van der Waals surface area (Å²) in [5.41, 5.74) is 1.29. The number of aliphatic imine (C=N–C) groups is 1. The number of hydrogen-bond donors (Lipinski definition) is 2. The van der Waals surface area contributed by atoms with Gasteiger partial charge in [-0.1, -0.05) is 25.0 Å². The predicted molar refractivity (Wildman–Crippen MR) is 134 cm³/mol. The van der Waals surface area contributed by atoms with Crippen LogP contribution >= 0.6 is 24.0 Å². The number of methoxy groups -OCH3 is 1. The molecule has 2 aliphatic rings. The molecule has 0 aromatic heterocycles. The number of guanidine groups is 1. The van der Waals surface area contributed by atoms with E-state index in [9.17, 15) is 0 Å². The molecule has 1 unspecified atom stereocenters. The van der Waals surface area contributed by atoms with E-state index in [-0.39, 0.29) is 24.0 Å². The standard InChI is InChI=1S/C23H38N4O2.HI/c1-24-23(25-13-8-16-29-20-10-3-4-11-20)26-18-22(27-14-5-6-15-27)19-9-7-12-21(17-19)28-2;/h7,9,12,17,20,22H,3-6,8,10-11,13-16,18H2,1-2H3,(H2,24,25,26);1H. The van der Waals surface area contributed by atoms with Gasteiger partial charge in [0.05, 0.1) is 19.3 Å². The van der Waals surface area contributed by atoms with Crippen molar-refractivity contribution < 1.29 is 9.47 Å². The first-order valence-electron chi connectivity index (χ1n) is 11.2. The second-order valence-electron chi connectivity index (χ2n) is 8.05. The smallest absolute Gasteiger partial charge is 0.191 e. The maximum Gasteiger partial charge on any atom is 0.191 e. The van der Waals surface area contributed by atoms with Gasteiger partial charge in [0.2, 0.25) is 0 Å². The van der Waals surface area contributed by atoms with Crippen molar-refractivity contribution in [3.05, 3.63) is 29.8 Å². The molecular formula is C23H39IN4O2. The molecule has 30 heavy (non-hydrogen) atoms. The van der Waals surface area contributed by atoms with E-state index in [0.717, 1.165) is 50.9 Å². The van der Waals surface area contributed by atoms with Crippen molar-refractivity contribution in [3.63, 3.8) is 0 Å². The van der Waals surface area contributed by atoms with E-state index in [1.165, 1.54) is 44.1 Å². The number of nitrogens with zero attached hydrogens (tertiary/aromatic N) is 2. The Morgan fingerprint density at radius 2 is 1.93 bits per heavy atom. The van der Waals surface area contributed by atoms with Crippen LogP contribution in [0.15, 0.2) is 29.3 Å². The van der Waals surface area contributed by atoms with Gasteiger partial charge in [-0.25, -0.2) is 0 Å². The van der Waals surface area contributed by atoms with Gasteiger partial charge >= 0.3 is 0 Å². The lowest BCUT2D eigenvalue weighted by Crippen LogP contribution is -2.43. The Morgan fingerprint density at radius 1 is 1.17 bits per heavy atom. The van der Waals surface area contributed by atoms with E-state index in [1.54, 1.807) is 7.11 Å². The van der Waals surface area contributed by atoms with Crippen molar-refractivity contribution in [2.75, 3.05) is 46.9 Å². The van der Waals surface area contributed by atoms with E-state index in [0.29, 0.717) is 12.1 Å². The van der Waals surface area contributed by atoms with Crippen molar-refractivity contribution in [2.45, 2.75) is 57.1 Å². The second-order valence-corrected chi connectivity index (χ2v) is 8.05. The van der Waals surface area contributed by atoms with Gasteiger partial charge in [0.15, 0.2) is 5.96 Å². The Bertz CT molecular complexity index is 631. The van der Waals surface area contributed by atoms with Crippen molar-refractivity contribution in [1.82, 2.24) is 15.5 Å². The number of benzene rings is 1. The zero-order valence-corrected chi connectivity index (χ0v) is 20.9. The summed E-state index contributed by atoms with van der Waals surface area (Å²) in [5.74, 6) is 1.77. The number of halogens is 1. The van der Waals surface area contributed by atoms with Crippen LogP contribution in [0.5, 0.6) is 5.75 Å². The summed E-state index contributed by atoms with van der Waals surface area (Å²) in [7, 11) is 3.56. The molecule has 2 N–H and O–H groups in total. The topological polar surface area (TPSA) is 58.1 Å². The summed E-state index contributed by atoms with van der Waals surface area (Å²) in [5, 5.41) is 6.96. The van der Waals surface area contributed by atoms with Gasteiger partial charge in [-0.15, -0.1) is 24.0 Å². The van der Waals surface area contributed by atoms with Gasteiger partial charge in [0, 0.05) is 26.7 Å². The van der Waals surface area contributed by atoms with Gasteiger partial charge in [-0.05, 0) is 62.9 Å². The Morgan fingerprint density at radius 3 is 2.63 bits per heavy atom. The molecule has 170 valence electrons. The lowest BCUT2D eigenvalue weighted by Gasteiger charge is -2.29. The zero-order chi connectivity index (χ0) is 20.3. The molecule has 1 heterocycles. The summed E-state index contributed by atoms with van der Waals surface area (Å²) in [6.45, 7) is 4.82. The molecule has 0 bridgehead atoms. The quantitative estimate of drug-likeness (QED) is 0.208. The minimum atomic E-state index is 0. The van der Waals surface area contributed by atoms with Crippen LogP contribution < -0.4 is 15.4 Å². The number of likely N-dealkylation sites (tertiary alicyclic amines) is 1. The van der Waals surface area contributed by atoms with Gasteiger partial charge in [-0.3, -0.25) is 9.89 Å². The van der Waals surface area contributed by atoms with Gasteiger partial charge in [0.1, 0.15) is 5.75 Å². The SMILES string of the molecule is CN=C(NCCCOC1CCCC1)NCC(c1cccc(OC)c1)N1CCCC1.I. The number of nitrogens with one attached hydrogen (secondary N) is 2. The highest BCUT2D eigenvalue weighted by molar-refractivity contribution is 14.0. The van der Waals surface area contributed by atoms with Crippen LogP contribution in [0.1, 0.15) is 56.6 Å². The Balaban J connectivity index is 0.00000320. The van der Waals surface area contributed by atoms with Crippen molar-refractivity contribution in [2.24, 2.45) is 4.99 Å². The second kappa shape index (κ2) is 14.1. The van der Waals surface area contributed by atoms with Crippen LogP contribution in [0, 0.1) is 0 Å². The molecule has 1 atom stereocenters. The Kier molecular flexibility index (Phi) is 11.8. The fourth-order valence-corrected chi connectivity index (χ4v) is 4.36. The molecular weight excluding hydrogens is 491 g/mol. The third-order valence-electron chi connectivity index (χ3n) is 6.02. The molecule has 1 aliphatic carbocycles. The number of hydrogen-bond acceptors (Lipinski definition) is 4. The van der Waals surface area contributed by atoms with Gasteiger partial charge in [0.25, 0.3) is 0 Å². The predicted octanol–water partition coefficient (Wildman–Crippen LogP) is 3.96. The van der Waals surface area contributed by atoms with Crippen LogP contribution in [-0.2, 0) is 4.74 Å². The van der Waals surface area contributed by atoms with Crippen LogP contribution in [-0.4, -0.2) is 63.9 Å². The third-order valence-corrected chi connectivity index (χ3v) is 6.02. The lowest BCUT2D eigenvalue weighted by molar-refractivity contribution is 0.0574. The number of rotatable bonds is 10. The van der Waals surface area contributed by atoms with Gasteiger partial charge < -0.3 is 20.1 Å². The van der Waals surface area contributed by atoms with Crippen LogP contribution in [0.3, 0.4) is 0 Å². The average molecular weight is 530 g/mol. The molecule has 1 aromatic carbocycles. The minimum Gasteiger partial charge on any atom is -0.497 e. The molecule has 1 saturated heterocycles. The summed E-state index contributed by atoms with van der Waals surface area (Å²) >= 11 is 0. The fourth-order valence-electron chi connectivity index (χ4n) is 4.36. The molecule has 6 nitrogen and oxygen atoms in total. The highest BCUT2D eigenvalue weighted by atomic mass is 127. The van der Waals surface area contributed by atoms with E-state index in [4.69, 9.17) is 9.47 Å². The summed E-state index contributed by atoms with van der Waals surface area (Å²) in [6, 6.07) is 8.75. The largest absolute Gasteiger partial charge is 0.497 e. The highest BCUT2D eigenvalue weighted by Gasteiger charge is 2.24. The summed E-state index contributed by atoms with van der Waals surface area (Å²) in [4.78, 5) is 6.96. The molecule has 3 rings (SSSR count). The fraction of sp³-hybridized carbons (Fsp3) is 0.696. The first kappa shape index (κ1) is 25.2. The highest BCUT2D eigenvalue weighted by Crippen LogP contribution is 2.27. The normalized spacial score (nSPS) is 18.8. The van der Waals surface area contributed by atoms with Crippen LogP contribution in [0.4, 0.5) is 0 Å². The van der Waals surface area contributed by atoms with E-state index in [2.05, 4.69) is 38.7 Å². The van der Waals surface area contributed by atoms with E-state index >= 15 is 0 Å². The summed E-state index contributed by atoms with van der Waals surface area (Å²) < 4.78 is 11.4. The molecule has 2 fully saturated rings. The van der Waals surface area contributed by atoms with Crippen LogP contribution in [0.25, 0.3) is 0 Å². The Hall–Kier alpha value is -1.06. The van der Waals surface area contributed by atoms with E-state index in [1.807, 2.05) is 13.1 Å². The molecule has 1 aliphatic heterocycles.